The predicted octanol–water partition coefficient (Wildman–Crippen LogP) is 5.76. The van der Waals surface area contributed by atoms with Crippen LogP contribution in [0.1, 0.15) is 27.7 Å². The topological polar surface area (TPSA) is 32.3 Å². The van der Waals surface area contributed by atoms with Crippen molar-refractivity contribution in [1.82, 2.24) is 4.90 Å². The van der Waals surface area contributed by atoms with Crippen molar-refractivity contribution in [2.24, 2.45) is 0 Å². The van der Waals surface area contributed by atoms with Crippen LogP contribution in [0.4, 0.5) is 5.69 Å². The average molecular weight is 383 g/mol. The van der Waals surface area contributed by atoms with Gasteiger partial charge in [0.2, 0.25) is 0 Å². The second-order valence-corrected chi connectivity index (χ2v) is 7.00. The van der Waals surface area contributed by atoms with E-state index in [4.69, 9.17) is 23.2 Å². The Morgan fingerprint density at radius 3 is 2.38 bits per heavy atom. The number of nitrogens with one attached hydrogen (secondary N) is 1. The molecule has 0 fully saturated rings. The highest BCUT2D eigenvalue weighted by Crippen LogP contribution is 2.36. The average Bonchev–Trinajstić information content (AvgIpc) is 2.67. The summed E-state index contributed by atoms with van der Waals surface area (Å²) in [6.45, 7) is 0.492. The summed E-state index contributed by atoms with van der Waals surface area (Å²) in [4.78, 5) is 15.0. The Morgan fingerprint density at radius 1 is 0.885 bits per heavy atom. The lowest BCUT2D eigenvalue weighted by Gasteiger charge is -2.38. The first-order chi connectivity index (χ1) is 12.6. The summed E-state index contributed by atoms with van der Waals surface area (Å²) in [6, 6.07) is 22.9. The lowest BCUT2D eigenvalue weighted by molar-refractivity contribution is 0.0666. The fourth-order valence-corrected chi connectivity index (χ4v) is 3.49. The monoisotopic (exact) mass is 382 g/mol. The Labute approximate surface area is 162 Å². The van der Waals surface area contributed by atoms with Gasteiger partial charge in [-0.1, -0.05) is 71.7 Å². The Morgan fingerprint density at radius 2 is 1.62 bits per heavy atom. The summed E-state index contributed by atoms with van der Waals surface area (Å²) in [5.74, 6) is -0.0146. The van der Waals surface area contributed by atoms with Gasteiger partial charge in [-0.15, -0.1) is 0 Å². The summed E-state index contributed by atoms with van der Waals surface area (Å²) in [6.07, 6.45) is -0.327. The fraction of sp³-hybridized carbons (Fsp3) is 0.0952. The van der Waals surface area contributed by atoms with Crippen molar-refractivity contribution >= 4 is 34.8 Å². The molecule has 1 aliphatic rings. The van der Waals surface area contributed by atoms with Gasteiger partial charge < -0.3 is 10.2 Å². The lowest BCUT2D eigenvalue weighted by atomic mass is 10.0. The van der Waals surface area contributed by atoms with Gasteiger partial charge in [0.1, 0.15) is 6.17 Å². The second kappa shape index (κ2) is 7.02. The van der Waals surface area contributed by atoms with Gasteiger partial charge in [0, 0.05) is 12.2 Å². The van der Waals surface area contributed by atoms with E-state index in [-0.39, 0.29) is 12.1 Å². The van der Waals surface area contributed by atoms with Crippen LogP contribution in [0.3, 0.4) is 0 Å². The summed E-state index contributed by atoms with van der Waals surface area (Å²) in [5.41, 5.74) is 3.43. The van der Waals surface area contributed by atoms with E-state index in [1.54, 1.807) is 12.1 Å². The van der Waals surface area contributed by atoms with Gasteiger partial charge >= 0.3 is 0 Å². The molecule has 4 rings (SSSR count). The van der Waals surface area contributed by atoms with Crippen molar-refractivity contribution in [2.45, 2.75) is 12.7 Å². The lowest BCUT2D eigenvalue weighted by Crippen LogP contribution is -2.42. The molecule has 1 N–H and O–H groups in total. The SMILES string of the molecule is O=C1c2ccccc2N[C@H](c2ccc(Cl)c(Cl)c2)N1Cc1ccccc1. The summed E-state index contributed by atoms with van der Waals surface area (Å²) in [5, 5.41) is 4.43. The number of anilines is 1. The van der Waals surface area contributed by atoms with Crippen LogP contribution in [-0.2, 0) is 6.54 Å². The van der Waals surface area contributed by atoms with Gasteiger partial charge in [0.25, 0.3) is 5.91 Å². The molecule has 0 spiro atoms. The predicted molar refractivity (Wildman–Crippen MR) is 106 cm³/mol. The molecule has 5 heteroatoms. The fourth-order valence-electron chi connectivity index (χ4n) is 3.18. The van der Waals surface area contributed by atoms with Crippen LogP contribution in [0.2, 0.25) is 10.0 Å². The van der Waals surface area contributed by atoms with Crippen LogP contribution in [0.15, 0.2) is 72.8 Å². The van der Waals surface area contributed by atoms with E-state index < -0.39 is 0 Å². The van der Waals surface area contributed by atoms with Crippen LogP contribution < -0.4 is 5.32 Å². The first-order valence-corrected chi connectivity index (χ1v) is 9.04. The molecule has 0 radical (unpaired) electrons. The number of carbonyl (C=O) groups excluding carboxylic acids is 1. The van der Waals surface area contributed by atoms with E-state index in [0.717, 1.165) is 16.8 Å². The summed E-state index contributed by atoms with van der Waals surface area (Å²) in [7, 11) is 0. The maximum atomic E-state index is 13.2. The molecule has 0 aromatic heterocycles. The number of para-hydroxylation sites is 1. The molecule has 0 bridgehead atoms. The number of rotatable bonds is 3. The standard InChI is InChI=1S/C21H16Cl2N2O/c22-17-11-10-15(12-18(17)23)20-24-19-9-5-4-8-16(19)21(26)25(20)13-14-6-2-1-3-7-14/h1-12,20,24H,13H2/t20-/m0/s1. The third kappa shape index (κ3) is 3.16. The van der Waals surface area contributed by atoms with Gasteiger partial charge in [-0.05, 0) is 35.4 Å². The third-order valence-corrected chi connectivity index (χ3v) is 5.22. The van der Waals surface area contributed by atoms with Crippen LogP contribution >= 0.6 is 23.2 Å². The first-order valence-electron chi connectivity index (χ1n) is 8.29. The Balaban J connectivity index is 1.77. The number of hydrogen-bond donors (Lipinski definition) is 1. The largest absolute Gasteiger partial charge is 0.361 e. The number of carbonyl (C=O) groups is 1. The zero-order valence-corrected chi connectivity index (χ0v) is 15.3. The maximum absolute atomic E-state index is 13.2. The van der Waals surface area contributed by atoms with Crippen molar-refractivity contribution in [2.75, 3.05) is 5.32 Å². The van der Waals surface area contributed by atoms with E-state index in [1.165, 1.54) is 0 Å². The number of hydrogen-bond acceptors (Lipinski definition) is 2. The first kappa shape index (κ1) is 17.0. The number of fused-ring (bicyclic) bond motifs is 1. The molecule has 26 heavy (non-hydrogen) atoms. The molecule has 0 saturated heterocycles. The highest BCUT2D eigenvalue weighted by molar-refractivity contribution is 6.42. The molecule has 3 aromatic carbocycles. The van der Waals surface area contributed by atoms with Crippen LogP contribution in [0, 0.1) is 0 Å². The molecule has 130 valence electrons. The van der Waals surface area contributed by atoms with E-state index in [1.807, 2.05) is 65.6 Å². The van der Waals surface area contributed by atoms with Crippen LogP contribution in [0.25, 0.3) is 0 Å². The van der Waals surface area contributed by atoms with Crippen LogP contribution in [0.5, 0.6) is 0 Å². The molecule has 1 heterocycles. The minimum atomic E-state index is -0.327. The zero-order chi connectivity index (χ0) is 18.1. The minimum Gasteiger partial charge on any atom is -0.361 e. The molecule has 1 aliphatic heterocycles. The normalized spacial score (nSPS) is 16.2. The molecule has 1 amide bonds. The van der Waals surface area contributed by atoms with Crippen molar-refractivity contribution in [3.63, 3.8) is 0 Å². The zero-order valence-electron chi connectivity index (χ0n) is 13.8. The van der Waals surface area contributed by atoms with Crippen molar-refractivity contribution < 1.29 is 4.79 Å². The molecule has 0 unspecified atom stereocenters. The smallest absolute Gasteiger partial charge is 0.258 e. The Kier molecular flexibility index (Phi) is 4.58. The quantitative estimate of drug-likeness (QED) is 0.624. The number of benzene rings is 3. The van der Waals surface area contributed by atoms with Gasteiger partial charge in [-0.25, -0.2) is 0 Å². The van der Waals surface area contributed by atoms with Crippen molar-refractivity contribution in [3.05, 3.63) is 99.5 Å². The molecular formula is C21H16Cl2N2O. The molecule has 0 saturated carbocycles. The maximum Gasteiger partial charge on any atom is 0.258 e. The minimum absolute atomic E-state index is 0.0146. The molecule has 1 atom stereocenters. The summed E-state index contributed by atoms with van der Waals surface area (Å²) < 4.78 is 0. The van der Waals surface area contributed by atoms with Gasteiger partial charge in [-0.2, -0.15) is 0 Å². The highest BCUT2D eigenvalue weighted by Gasteiger charge is 2.33. The second-order valence-electron chi connectivity index (χ2n) is 6.18. The van der Waals surface area contributed by atoms with E-state index in [2.05, 4.69) is 5.32 Å². The van der Waals surface area contributed by atoms with E-state index in [0.29, 0.717) is 22.2 Å². The summed E-state index contributed by atoms with van der Waals surface area (Å²) >= 11 is 12.3. The Bertz CT molecular complexity index is 959. The number of nitrogens with zero attached hydrogens (tertiary/aromatic N) is 1. The van der Waals surface area contributed by atoms with Gasteiger partial charge in [0.05, 0.1) is 15.6 Å². The van der Waals surface area contributed by atoms with Crippen LogP contribution in [-0.4, -0.2) is 10.8 Å². The van der Waals surface area contributed by atoms with E-state index >= 15 is 0 Å². The highest BCUT2D eigenvalue weighted by atomic mass is 35.5. The number of amides is 1. The molecule has 3 aromatic rings. The molecule has 0 aliphatic carbocycles. The van der Waals surface area contributed by atoms with Gasteiger partial charge in [-0.3, -0.25) is 4.79 Å². The number of halogens is 2. The van der Waals surface area contributed by atoms with E-state index in [9.17, 15) is 4.79 Å². The molecular weight excluding hydrogens is 367 g/mol. The molecule has 3 nitrogen and oxygen atoms in total. The van der Waals surface area contributed by atoms with Gasteiger partial charge in [0.15, 0.2) is 0 Å². The third-order valence-electron chi connectivity index (χ3n) is 4.48. The Hall–Kier alpha value is -2.49. The van der Waals surface area contributed by atoms with Crippen molar-refractivity contribution in [1.29, 1.82) is 0 Å². The van der Waals surface area contributed by atoms with Crippen molar-refractivity contribution in [3.8, 4) is 0 Å².